The number of ketones is 1. The van der Waals surface area contributed by atoms with Gasteiger partial charge in [0.15, 0.2) is 0 Å². The SMILES string of the molecule is CC(=O)C(C)CCCNC(=O)CCN1C(=O)C=CC1=O. The Morgan fingerprint density at radius 1 is 1.25 bits per heavy atom. The van der Waals surface area contributed by atoms with Gasteiger partial charge in [0.05, 0.1) is 0 Å². The second kappa shape index (κ2) is 7.57. The van der Waals surface area contributed by atoms with Gasteiger partial charge in [-0.3, -0.25) is 24.1 Å². The van der Waals surface area contributed by atoms with Gasteiger partial charge in [0.2, 0.25) is 5.91 Å². The summed E-state index contributed by atoms with van der Waals surface area (Å²) in [6.45, 7) is 4.01. The summed E-state index contributed by atoms with van der Waals surface area (Å²) in [6.07, 6.45) is 3.96. The molecule has 0 saturated carbocycles. The van der Waals surface area contributed by atoms with Gasteiger partial charge < -0.3 is 5.32 Å². The Hall–Kier alpha value is -1.98. The zero-order valence-corrected chi connectivity index (χ0v) is 11.8. The molecule has 1 unspecified atom stereocenters. The third-order valence-corrected chi connectivity index (χ3v) is 3.29. The summed E-state index contributed by atoms with van der Waals surface area (Å²) in [6, 6.07) is 0. The molecule has 110 valence electrons. The van der Waals surface area contributed by atoms with Crippen molar-refractivity contribution in [2.75, 3.05) is 13.1 Å². The molecule has 1 aliphatic rings. The maximum absolute atomic E-state index is 11.5. The number of Topliss-reactive ketones (excluding diaryl/α,β-unsaturated/α-hetero) is 1. The predicted molar refractivity (Wildman–Crippen MR) is 72.6 cm³/mol. The standard InChI is InChI=1S/C14H20N2O4/c1-10(11(2)17)4-3-8-15-12(18)7-9-16-13(19)5-6-14(16)20/h5-6,10H,3-4,7-9H2,1-2H3,(H,15,18). The van der Waals surface area contributed by atoms with E-state index < -0.39 is 0 Å². The number of rotatable bonds is 8. The Balaban J connectivity index is 2.14. The van der Waals surface area contributed by atoms with Gasteiger partial charge in [-0.05, 0) is 19.8 Å². The molecule has 0 fully saturated rings. The van der Waals surface area contributed by atoms with E-state index in [9.17, 15) is 19.2 Å². The summed E-state index contributed by atoms with van der Waals surface area (Å²) in [5.41, 5.74) is 0. The van der Waals surface area contributed by atoms with Crippen LogP contribution in [0.1, 0.15) is 33.1 Å². The average molecular weight is 280 g/mol. The van der Waals surface area contributed by atoms with Crippen LogP contribution in [-0.2, 0) is 19.2 Å². The van der Waals surface area contributed by atoms with E-state index in [2.05, 4.69) is 5.32 Å². The number of nitrogens with one attached hydrogen (secondary N) is 1. The van der Waals surface area contributed by atoms with Crippen molar-refractivity contribution >= 4 is 23.5 Å². The molecule has 0 spiro atoms. The van der Waals surface area contributed by atoms with Gasteiger partial charge in [0.1, 0.15) is 5.78 Å². The lowest BCUT2D eigenvalue weighted by atomic mass is 10.0. The van der Waals surface area contributed by atoms with Gasteiger partial charge in [0.25, 0.3) is 11.8 Å². The molecule has 3 amide bonds. The monoisotopic (exact) mass is 280 g/mol. The van der Waals surface area contributed by atoms with E-state index in [0.29, 0.717) is 6.54 Å². The molecule has 1 rings (SSSR count). The van der Waals surface area contributed by atoms with Crippen LogP contribution in [0, 0.1) is 5.92 Å². The van der Waals surface area contributed by atoms with Crippen molar-refractivity contribution < 1.29 is 19.2 Å². The van der Waals surface area contributed by atoms with Crippen molar-refractivity contribution in [1.29, 1.82) is 0 Å². The second-order valence-electron chi connectivity index (χ2n) is 4.92. The van der Waals surface area contributed by atoms with Gasteiger partial charge in [-0.25, -0.2) is 0 Å². The van der Waals surface area contributed by atoms with Crippen LogP contribution in [0.25, 0.3) is 0 Å². The lowest BCUT2D eigenvalue weighted by molar-refractivity contribution is -0.137. The Bertz CT molecular complexity index is 424. The smallest absolute Gasteiger partial charge is 0.253 e. The zero-order valence-electron chi connectivity index (χ0n) is 11.8. The van der Waals surface area contributed by atoms with Crippen LogP contribution in [0.15, 0.2) is 12.2 Å². The van der Waals surface area contributed by atoms with E-state index in [1.807, 2.05) is 6.92 Å². The van der Waals surface area contributed by atoms with Crippen molar-refractivity contribution in [3.05, 3.63) is 12.2 Å². The van der Waals surface area contributed by atoms with Gasteiger partial charge in [-0.15, -0.1) is 0 Å². The fourth-order valence-electron chi connectivity index (χ4n) is 1.79. The number of imide groups is 1. The number of amides is 3. The molecule has 1 aliphatic heterocycles. The van der Waals surface area contributed by atoms with E-state index in [1.165, 1.54) is 12.2 Å². The first-order valence-corrected chi connectivity index (χ1v) is 6.72. The number of nitrogens with zero attached hydrogens (tertiary/aromatic N) is 1. The lowest BCUT2D eigenvalue weighted by Crippen LogP contribution is -2.35. The number of hydrogen-bond donors (Lipinski definition) is 1. The highest BCUT2D eigenvalue weighted by Crippen LogP contribution is 2.06. The fourth-order valence-corrected chi connectivity index (χ4v) is 1.79. The molecule has 0 aromatic carbocycles. The summed E-state index contributed by atoms with van der Waals surface area (Å²) < 4.78 is 0. The Morgan fingerprint density at radius 2 is 1.85 bits per heavy atom. The van der Waals surface area contributed by atoms with Crippen LogP contribution >= 0.6 is 0 Å². The maximum Gasteiger partial charge on any atom is 0.253 e. The third kappa shape index (κ3) is 4.95. The second-order valence-corrected chi connectivity index (χ2v) is 4.92. The molecule has 1 heterocycles. The first kappa shape index (κ1) is 16.1. The minimum atomic E-state index is -0.377. The predicted octanol–water partition coefficient (Wildman–Crippen LogP) is 0.423. The summed E-state index contributed by atoms with van der Waals surface area (Å²) in [4.78, 5) is 46.1. The van der Waals surface area contributed by atoms with Crippen molar-refractivity contribution in [1.82, 2.24) is 10.2 Å². The van der Waals surface area contributed by atoms with E-state index >= 15 is 0 Å². The van der Waals surface area contributed by atoms with Gasteiger partial charge >= 0.3 is 0 Å². The topological polar surface area (TPSA) is 83.6 Å². The van der Waals surface area contributed by atoms with E-state index in [0.717, 1.165) is 17.7 Å². The fraction of sp³-hybridized carbons (Fsp3) is 0.571. The maximum atomic E-state index is 11.5. The van der Waals surface area contributed by atoms with Crippen LogP contribution in [0.4, 0.5) is 0 Å². The molecular formula is C14H20N2O4. The molecule has 0 aromatic rings. The van der Waals surface area contributed by atoms with E-state index in [4.69, 9.17) is 0 Å². The molecular weight excluding hydrogens is 260 g/mol. The average Bonchev–Trinajstić information content (AvgIpc) is 2.71. The van der Waals surface area contributed by atoms with Gasteiger partial charge in [-0.1, -0.05) is 6.92 Å². The van der Waals surface area contributed by atoms with Crippen molar-refractivity contribution in [2.45, 2.75) is 33.1 Å². The zero-order chi connectivity index (χ0) is 15.1. The molecule has 0 saturated heterocycles. The lowest BCUT2D eigenvalue weighted by Gasteiger charge is -2.13. The van der Waals surface area contributed by atoms with Crippen molar-refractivity contribution in [3.8, 4) is 0 Å². The van der Waals surface area contributed by atoms with Crippen LogP contribution in [-0.4, -0.2) is 41.5 Å². The van der Waals surface area contributed by atoms with E-state index in [1.54, 1.807) is 6.92 Å². The third-order valence-electron chi connectivity index (χ3n) is 3.29. The van der Waals surface area contributed by atoms with E-state index in [-0.39, 0.29) is 42.4 Å². The molecule has 1 atom stereocenters. The molecule has 0 aromatic heterocycles. The quantitative estimate of drug-likeness (QED) is 0.516. The highest BCUT2D eigenvalue weighted by atomic mass is 16.2. The van der Waals surface area contributed by atoms with Crippen LogP contribution in [0.3, 0.4) is 0 Å². The summed E-state index contributed by atoms with van der Waals surface area (Å²) >= 11 is 0. The van der Waals surface area contributed by atoms with Crippen molar-refractivity contribution in [2.24, 2.45) is 5.92 Å². The first-order valence-electron chi connectivity index (χ1n) is 6.72. The summed E-state index contributed by atoms with van der Waals surface area (Å²) in [5.74, 6) is -0.795. The minimum Gasteiger partial charge on any atom is -0.356 e. The van der Waals surface area contributed by atoms with Crippen molar-refractivity contribution in [3.63, 3.8) is 0 Å². The number of hydrogen-bond acceptors (Lipinski definition) is 4. The highest BCUT2D eigenvalue weighted by molar-refractivity contribution is 6.13. The van der Waals surface area contributed by atoms with Crippen LogP contribution in [0.5, 0.6) is 0 Å². The van der Waals surface area contributed by atoms with Crippen LogP contribution < -0.4 is 5.32 Å². The highest BCUT2D eigenvalue weighted by Gasteiger charge is 2.23. The molecule has 6 heteroatoms. The summed E-state index contributed by atoms with van der Waals surface area (Å²) in [5, 5.41) is 2.71. The van der Waals surface area contributed by atoms with Gasteiger partial charge in [0, 0.05) is 37.6 Å². The Kier molecular flexibility index (Phi) is 6.09. The minimum absolute atomic E-state index is 0.0119. The molecule has 1 N–H and O–H groups in total. The molecule has 0 aliphatic carbocycles. The molecule has 6 nitrogen and oxygen atoms in total. The van der Waals surface area contributed by atoms with Crippen LogP contribution in [0.2, 0.25) is 0 Å². The number of carbonyl (C=O) groups excluding carboxylic acids is 4. The first-order chi connectivity index (χ1) is 9.41. The summed E-state index contributed by atoms with van der Waals surface area (Å²) in [7, 11) is 0. The normalized spacial score (nSPS) is 15.6. The molecule has 20 heavy (non-hydrogen) atoms. The molecule has 0 radical (unpaired) electrons. The largest absolute Gasteiger partial charge is 0.356 e. The Morgan fingerprint density at radius 3 is 2.40 bits per heavy atom. The number of carbonyl (C=O) groups is 4. The Labute approximate surface area is 118 Å². The van der Waals surface area contributed by atoms with Gasteiger partial charge in [-0.2, -0.15) is 0 Å². The molecule has 0 bridgehead atoms.